The van der Waals surface area contributed by atoms with Crippen molar-refractivity contribution >= 4 is 46.9 Å². The molecule has 7 nitrogen and oxygen atoms in total. The van der Waals surface area contributed by atoms with E-state index in [1.54, 1.807) is 0 Å². The molecule has 10 heteroatoms. The second-order valence-electron chi connectivity index (χ2n) is 3.30. The van der Waals surface area contributed by atoms with Crippen molar-refractivity contribution in [3.63, 3.8) is 0 Å². The highest BCUT2D eigenvalue weighted by molar-refractivity contribution is 6.76. The number of hydrogen-bond acceptors (Lipinski definition) is 6. The molecule has 0 aromatic heterocycles. The Morgan fingerprint density at radius 2 is 1.67 bits per heavy atom. The standard InChI is InChI=1S/C8H12Cl3NO6/c9-8(10,11)7(18)12-1-3(14)5(16)6(17)4(15)2-13/h1,3-6,13-17H,2H2/t3-,4+,5+,6+/m0/s1. The number of aliphatic imine (C=N–C) groups is 1. The summed E-state index contributed by atoms with van der Waals surface area (Å²) in [5.74, 6) is -1.20. The minimum Gasteiger partial charge on any atom is -0.394 e. The van der Waals surface area contributed by atoms with Crippen LogP contribution in [-0.2, 0) is 4.79 Å². The van der Waals surface area contributed by atoms with Gasteiger partial charge in [-0.3, -0.25) is 4.79 Å². The minimum atomic E-state index is -2.30. The molecular formula is C8H12Cl3NO6. The number of rotatable bonds is 5. The maximum Gasteiger partial charge on any atom is 0.297 e. The Bertz CT molecular complexity index is 308. The second-order valence-corrected chi connectivity index (χ2v) is 5.58. The third kappa shape index (κ3) is 5.77. The average molecular weight is 325 g/mol. The van der Waals surface area contributed by atoms with Crippen LogP contribution in [0.25, 0.3) is 0 Å². The first-order valence-corrected chi connectivity index (χ1v) is 5.73. The van der Waals surface area contributed by atoms with Gasteiger partial charge < -0.3 is 25.5 Å². The molecule has 0 aromatic rings. The Morgan fingerprint density at radius 3 is 2.06 bits per heavy atom. The van der Waals surface area contributed by atoms with Crippen molar-refractivity contribution in [1.29, 1.82) is 0 Å². The molecule has 0 fully saturated rings. The lowest BCUT2D eigenvalue weighted by Crippen LogP contribution is -2.46. The zero-order valence-corrected chi connectivity index (χ0v) is 11.1. The molecule has 1 amide bonds. The molecule has 0 aliphatic rings. The van der Waals surface area contributed by atoms with Gasteiger partial charge in [0.15, 0.2) is 0 Å². The largest absolute Gasteiger partial charge is 0.394 e. The van der Waals surface area contributed by atoms with Crippen molar-refractivity contribution in [1.82, 2.24) is 0 Å². The number of aliphatic hydroxyl groups excluding tert-OH is 5. The van der Waals surface area contributed by atoms with E-state index in [9.17, 15) is 20.1 Å². The molecular weight excluding hydrogens is 312 g/mol. The molecule has 0 aliphatic carbocycles. The molecule has 0 bridgehead atoms. The number of carbonyl (C=O) groups excluding carboxylic acids is 1. The molecule has 0 saturated carbocycles. The Hall–Kier alpha value is 0.01000. The van der Waals surface area contributed by atoms with Gasteiger partial charge in [-0.05, 0) is 0 Å². The van der Waals surface area contributed by atoms with Gasteiger partial charge >= 0.3 is 0 Å². The fraction of sp³-hybridized carbons (Fsp3) is 0.750. The predicted octanol–water partition coefficient (Wildman–Crippen LogP) is -1.61. The van der Waals surface area contributed by atoms with Gasteiger partial charge in [0.1, 0.15) is 24.4 Å². The van der Waals surface area contributed by atoms with Crippen molar-refractivity contribution < 1.29 is 30.3 Å². The van der Waals surface area contributed by atoms with Crippen molar-refractivity contribution in [2.45, 2.75) is 28.2 Å². The smallest absolute Gasteiger partial charge is 0.297 e. The molecule has 0 heterocycles. The zero-order chi connectivity index (χ0) is 14.5. The molecule has 0 spiro atoms. The number of aliphatic hydroxyl groups is 5. The number of carbonyl (C=O) groups is 1. The van der Waals surface area contributed by atoms with Gasteiger partial charge in [0.25, 0.3) is 9.70 Å². The maximum absolute atomic E-state index is 11.0. The summed E-state index contributed by atoms with van der Waals surface area (Å²) >= 11 is 15.5. The van der Waals surface area contributed by atoms with E-state index in [4.69, 9.17) is 45.0 Å². The molecule has 0 radical (unpaired) electrons. The van der Waals surface area contributed by atoms with E-state index in [0.717, 1.165) is 0 Å². The van der Waals surface area contributed by atoms with Crippen LogP contribution in [0.2, 0.25) is 0 Å². The first-order chi connectivity index (χ1) is 8.11. The molecule has 0 aromatic carbocycles. The summed E-state index contributed by atoms with van der Waals surface area (Å²) in [5.41, 5.74) is 0. The number of alkyl halides is 3. The Labute approximate surface area is 117 Å². The van der Waals surface area contributed by atoms with Crippen LogP contribution in [0.15, 0.2) is 4.99 Å². The fourth-order valence-electron chi connectivity index (χ4n) is 0.843. The quantitative estimate of drug-likeness (QED) is 0.305. The third-order valence-electron chi connectivity index (χ3n) is 1.87. The highest BCUT2D eigenvalue weighted by atomic mass is 35.6. The van der Waals surface area contributed by atoms with Crippen LogP contribution in [-0.4, -0.2) is 72.5 Å². The van der Waals surface area contributed by atoms with Crippen molar-refractivity contribution in [2.24, 2.45) is 4.99 Å². The van der Waals surface area contributed by atoms with Crippen LogP contribution in [0.5, 0.6) is 0 Å². The lowest BCUT2D eigenvalue weighted by molar-refractivity contribution is -0.117. The summed E-state index contributed by atoms with van der Waals surface area (Å²) in [6.07, 6.45) is -6.62. The fourth-order valence-corrected chi connectivity index (χ4v) is 0.989. The molecule has 0 aliphatic heterocycles. The highest BCUT2D eigenvalue weighted by Gasteiger charge is 2.32. The van der Waals surface area contributed by atoms with E-state index >= 15 is 0 Å². The van der Waals surface area contributed by atoms with Crippen LogP contribution in [0.4, 0.5) is 0 Å². The summed E-state index contributed by atoms with van der Waals surface area (Å²) in [6.45, 7) is -0.824. The first-order valence-electron chi connectivity index (χ1n) is 4.59. The van der Waals surface area contributed by atoms with Gasteiger partial charge in [-0.1, -0.05) is 34.8 Å². The Kier molecular flexibility index (Phi) is 7.57. The van der Waals surface area contributed by atoms with Crippen molar-refractivity contribution in [3.8, 4) is 0 Å². The van der Waals surface area contributed by atoms with E-state index in [2.05, 4.69) is 4.99 Å². The van der Waals surface area contributed by atoms with Gasteiger partial charge in [-0.2, -0.15) is 0 Å². The van der Waals surface area contributed by atoms with Crippen LogP contribution >= 0.6 is 34.8 Å². The van der Waals surface area contributed by atoms with Crippen LogP contribution in [0.1, 0.15) is 0 Å². The average Bonchev–Trinajstić information content (AvgIpc) is 2.31. The van der Waals surface area contributed by atoms with Crippen molar-refractivity contribution in [2.75, 3.05) is 6.61 Å². The summed E-state index contributed by atoms with van der Waals surface area (Å²) in [6, 6.07) is 0. The van der Waals surface area contributed by atoms with E-state index in [1.807, 2.05) is 0 Å². The minimum absolute atomic E-state index is 0.544. The zero-order valence-electron chi connectivity index (χ0n) is 8.82. The van der Waals surface area contributed by atoms with Gasteiger partial charge in [0.2, 0.25) is 0 Å². The number of halogens is 3. The normalized spacial score (nSPS) is 19.6. The number of amides is 1. The molecule has 106 valence electrons. The Morgan fingerprint density at radius 1 is 1.17 bits per heavy atom. The van der Waals surface area contributed by atoms with Crippen molar-refractivity contribution in [3.05, 3.63) is 0 Å². The molecule has 0 saturated heterocycles. The lowest BCUT2D eigenvalue weighted by atomic mass is 10.0. The van der Waals surface area contributed by atoms with Crippen LogP contribution in [0.3, 0.4) is 0 Å². The van der Waals surface area contributed by atoms with Gasteiger partial charge in [-0.25, -0.2) is 4.99 Å². The molecule has 18 heavy (non-hydrogen) atoms. The SMILES string of the molecule is O=C(N=C[C@H](O)[C@@H](O)[C@H](O)[C@H](O)CO)C(Cl)(Cl)Cl. The number of hydrogen-bond donors (Lipinski definition) is 5. The summed E-state index contributed by atoms with van der Waals surface area (Å²) in [4.78, 5) is 14.1. The van der Waals surface area contributed by atoms with E-state index in [0.29, 0.717) is 6.21 Å². The lowest BCUT2D eigenvalue weighted by Gasteiger charge is -2.23. The van der Waals surface area contributed by atoms with E-state index in [1.165, 1.54) is 0 Å². The van der Waals surface area contributed by atoms with Gasteiger partial charge in [0, 0.05) is 6.21 Å². The summed E-state index contributed by atoms with van der Waals surface area (Å²) < 4.78 is -2.30. The van der Waals surface area contributed by atoms with Gasteiger partial charge in [0.05, 0.1) is 6.61 Å². The van der Waals surface area contributed by atoms with Crippen LogP contribution in [0, 0.1) is 0 Å². The van der Waals surface area contributed by atoms with E-state index in [-0.39, 0.29) is 0 Å². The second kappa shape index (κ2) is 7.56. The number of nitrogens with zero attached hydrogens (tertiary/aromatic N) is 1. The molecule has 0 rings (SSSR count). The topological polar surface area (TPSA) is 131 Å². The highest BCUT2D eigenvalue weighted by Crippen LogP contribution is 2.27. The molecule has 4 atom stereocenters. The summed E-state index contributed by atoms with van der Waals surface area (Å²) in [5, 5.41) is 45.4. The Balaban J connectivity index is 4.54. The first kappa shape index (κ1) is 18.0. The maximum atomic E-state index is 11.0. The molecule has 0 unspecified atom stereocenters. The third-order valence-corrected chi connectivity index (χ3v) is 2.35. The van der Waals surface area contributed by atoms with Crippen LogP contribution < -0.4 is 0 Å². The predicted molar refractivity (Wildman–Crippen MR) is 64.9 cm³/mol. The monoisotopic (exact) mass is 323 g/mol. The van der Waals surface area contributed by atoms with E-state index < -0.39 is 40.7 Å². The van der Waals surface area contributed by atoms with Gasteiger partial charge in [-0.15, -0.1) is 0 Å². The summed E-state index contributed by atoms with van der Waals surface area (Å²) in [7, 11) is 0. The molecule has 5 N–H and O–H groups in total.